The standard InChI is InChI=1S/C14H17N3O2/c1-10(2)11-5-4-6-12(7-11)15-8-13-16-14(9-18-3)19-17-13/h4-7,15H,1,8-9H2,2-3H3. The Balaban J connectivity index is 1.97. The minimum absolute atomic E-state index is 0.331. The number of ether oxygens (including phenoxy) is 1. The summed E-state index contributed by atoms with van der Waals surface area (Å²) in [7, 11) is 1.59. The van der Waals surface area contributed by atoms with Crippen LogP contribution in [0.3, 0.4) is 0 Å². The quantitative estimate of drug-likeness (QED) is 0.864. The topological polar surface area (TPSA) is 60.2 Å². The summed E-state index contributed by atoms with van der Waals surface area (Å²) in [6.45, 7) is 6.75. The number of aromatic nitrogens is 2. The van der Waals surface area contributed by atoms with Gasteiger partial charge in [-0.15, -0.1) is 0 Å². The van der Waals surface area contributed by atoms with E-state index in [1.165, 1.54) is 0 Å². The first-order valence-electron chi connectivity index (χ1n) is 5.99. The Kier molecular flexibility index (Phi) is 4.30. The van der Waals surface area contributed by atoms with Crippen LogP contribution in [0.25, 0.3) is 5.57 Å². The van der Waals surface area contributed by atoms with Gasteiger partial charge in [0.25, 0.3) is 5.89 Å². The molecule has 19 heavy (non-hydrogen) atoms. The molecule has 1 N–H and O–H groups in total. The van der Waals surface area contributed by atoms with E-state index < -0.39 is 0 Å². The zero-order chi connectivity index (χ0) is 13.7. The molecule has 0 radical (unpaired) electrons. The van der Waals surface area contributed by atoms with Crippen LogP contribution in [0.2, 0.25) is 0 Å². The predicted molar refractivity (Wildman–Crippen MR) is 73.5 cm³/mol. The molecule has 0 spiro atoms. The number of nitrogens with one attached hydrogen (secondary N) is 1. The first-order chi connectivity index (χ1) is 9.19. The third-order valence-electron chi connectivity index (χ3n) is 2.58. The van der Waals surface area contributed by atoms with Gasteiger partial charge in [-0.1, -0.05) is 29.4 Å². The van der Waals surface area contributed by atoms with Gasteiger partial charge in [-0.25, -0.2) is 0 Å². The van der Waals surface area contributed by atoms with Crippen LogP contribution in [0.15, 0.2) is 35.4 Å². The minimum atomic E-state index is 0.331. The van der Waals surface area contributed by atoms with Crippen molar-refractivity contribution in [2.24, 2.45) is 0 Å². The van der Waals surface area contributed by atoms with Gasteiger partial charge >= 0.3 is 0 Å². The van der Waals surface area contributed by atoms with Crippen molar-refractivity contribution < 1.29 is 9.26 Å². The lowest BCUT2D eigenvalue weighted by molar-refractivity contribution is 0.151. The fourth-order valence-corrected chi connectivity index (χ4v) is 1.62. The fraction of sp³-hybridized carbons (Fsp3) is 0.286. The summed E-state index contributed by atoms with van der Waals surface area (Å²) >= 11 is 0. The van der Waals surface area contributed by atoms with E-state index in [1.807, 2.05) is 31.2 Å². The first-order valence-corrected chi connectivity index (χ1v) is 5.99. The van der Waals surface area contributed by atoms with Crippen molar-refractivity contribution in [1.82, 2.24) is 10.1 Å². The summed E-state index contributed by atoms with van der Waals surface area (Å²) in [5.41, 5.74) is 3.14. The van der Waals surface area contributed by atoms with E-state index in [0.717, 1.165) is 16.8 Å². The van der Waals surface area contributed by atoms with Gasteiger partial charge in [0.15, 0.2) is 5.82 Å². The van der Waals surface area contributed by atoms with E-state index >= 15 is 0 Å². The molecule has 0 amide bonds. The SMILES string of the molecule is C=C(C)c1cccc(NCc2noc(COC)n2)c1. The van der Waals surface area contributed by atoms with Gasteiger partial charge in [-0.2, -0.15) is 4.98 Å². The molecule has 1 aromatic carbocycles. The molecule has 0 saturated carbocycles. The van der Waals surface area contributed by atoms with E-state index in [0.29, 0.717) is 24.9 Å². The third-order valence-corrected chi connectivity index (χ3v) is 2.58. The van der Waals surface area contributed by atoms with Crippen LogP contribution in [-0.4, -0.2) is 17.3 Å². The number of rotatable bonds is 6. The van der Waals surface area contributed by atoms with Crippen molar-refractivity contribution in [3.8, 4) is 0 Å². The van der Waals surface area contributed by atoms with Gasteiger partial charge in [0, 0.05) is 12.8 Å². The third kappa shape index (κ3) is 3.66. The lowest BCUT2D eigenvalue weighted by atomic mass is 10.1. The molecule has 0 unspecified atom stereocenters. The number of methoxy groups -OCH3 is 1. The lowest BCUT2D eigenvalue weighted by Crippen LogP contribution is -2.01. The van der Waals surface area contributed by atoms with E-state index in [1.54, 1.807) is 7.11 Å². The Morgan fingerprint density at radius 3 is 3.05 bits per heavy atom. The first kappa shape index (κ1) is 13.3. The summed E-state index contributed by atoms with van der Waals surface area (Å²) in [4.78, 5) is 4.19. The number of hydrogen-bond acceptors (Lipinski definition) is 5. The number of benzene rings is 1. The molecule has 2 aromatic rings. The van der Waals surface area contributed by atoms with Crippen molar-refractivity contribution in [2.45, 2.75) is 20.1 Å². The van der Waals surface area contributed by atoms with Crippen molar-refractivity contribution >= 4 is 11.3 Å². The van der Waals surface area contributed by atoms with Gasteiger partial charge in [-0.3, -0.25) is 0 Å². The average Bonchev–Trinajstić information content (AvgIpc) is 2.85. The molecule has 1 aromatic heterocycles. The zero-order valence-electron chi connectivity index (χ0n) is 11.1. The zero-order valence-corrected chi connectivity index (χ0v) is 11.1. The Bertz CT molecular complexity index is 563. The van der Waals surface area contributed by atoms with Gasteiger partial charge < -0.3 is 14.6 Å². The number of nitrogens with zero attached hydrogens (tertiary/aromatic N) is 2. The molecule has 1 heterocycles. The number of anilines is 1. The normalized spacial score (nSPS) is 10.4. The van der Waals surface area contributed by atoms with Gasteiger partial charge in [0.2, 0.25) is 0 Å². The molecule has 5 nitrogen and oxygen atoms in total. The molecule has 5 heteroatoms. The Morgan fingerprint density at radius 1 is 1.47 bits per heavy atom. The van der Waals surface area contributed by atoms with Crippen molar-refractivity contribution in [3.05, 3.63) is 48.1 Å². The molecular formula is C14H17N3O2. The molecule has 0 aliphatic carbocycles. The van der Waals surface area contributed by atoms with Crippen LogP contribution in [-0.2, 0) is 17.9 Å². The summed E-state index contributed by atoms with van der Waals surface area (Å²) < 4.78 is 9.93. The Hall–Kier alpha value is -2.14. The number of allylic oxidation sites excluding steroid dienone is 1. The predicted octanol–water partition coefficient (Wildman–Crippen LogP) is 2.86. The molecule has 0 fully saturated rings. The van der Waals surface area contributed by atoms with E-state index in [4.69, 9.17) is 9.26 Å². The molecule has 0 aliphatic rings. The van der Waals surface area contributed by atoms with Crippen LogP contribution in [0, 0.1) is 0 Å². The van der Waals surface area contributed by atoms with Crippen molar-refractivity contribution in [3.63, 3.8) is 0 Å². The minimum Gasteiger partial charge on any atom is -0.378 e. The molecule has 100 valence electrons. The van der Waals surface area contributed by atoms with E-state index in [2.05, 4.69) is 22.0 Å². The molecule has 0 saturated heterocycles. The maximum atomic E-state index is 5.02. The second kappa shape index (κ2) is 6.15. The summed E-state index contributed by atoms with van der Waals surface area (Å²) in [6.07, 6.45) is 0. The molecule has 0 aliphatic heterocycles. The molecule has 2 rings (SSSR count). The average molecular weight is 259 g/mol. The monoisotopic (exact) mass is 259 g/mol. The highest BCUT2D eigenvalue weighted by Crippen LogP contribution is 2.17. The summed E-state index contributed by atoms with van der Waals surface area (Å²) in [6, 6.07) is 8.04. The second-order valence-electron chi connectivity index (χ2n) is 4.25. The fourth-order valence-electron chi connectivity index (χ4n) is 1.62. The van der Waals surface area contributed by atoms with Crippen LogP contribution in [0.4, 0.5) is 5.69 Å². The van der Waals surface area contributed by atoms with Gasteiger partial charge in [-0.05, 0) is 24.6 Å². The van der Waals surface area contributed by atoms with Gasteiger partial charge in [0.1, 0.15) is 6.61 Å². The lowest BCUT2D eigenvalue weighted by Gasteiger charge is -2.06. The Labute approximate surface area is 112 Å². The van der Waals surface area contributed by atoms with Gasteiger partial charge in [0.05, 0.1) is 6.54 Å². The van der Waals surface area contributed by atoms with Crippen molar-refractivity contribution in [2.75, 3.05) is 12.4 Å². The van der Waals surface area contributed by atoms with Crippen LogP contribution >= 0.6 is 0 Å². The van der Waals surface area contributed by atoms with Crippen LogP contribution in [0.5, 0.6) is 0 Å². The van der Waals surface area contributed by atoms with Crippen LogP contribution in [0.1, 0.15) is 24.2 Å². The van der Waals surface area contributed by atoms with Crippen molar-refractivity contribution in [1.29, 1.82) is 0 Å². The molecular weight excluding hydrogens is 242 g/mol. The highest BCUT2D eigenvalue weighted by atomic mass is 16.5. The molecule has 0 atom stereocenters. The van der Waals surface area contributed by atoms with Crippen LogP contribution < -0.4 is 5.32 Å². The summed E-state index contributed by atoms with van der Waals surface area (Å²) in [5, 5.41) is 7.11. The second-order valence-corrected chi connectivity index (χ2v) is 4.25. The maximum Gasteiger partial charge on any atom is 0.252 e. The smallest absolute Gasteiger partial charge is 0.252 e. The summed E-state index contributed by atoms with van der Waals surface area (Å²) in [5.74, 6) is 1.09. The maximum absolute atomic E-state index is 5.02. The largest absolute Gasteiger partial charge is 0.378 e. The number of hydrogen-bond donors (Lipinski definition) is 1. The Morgan fingerprint density at radius 2 is 2.32 bits per heavy atom. The van der Waals surface area contributed by atoms with E-state index in [9.17, 15) is 0 Å². The molecule has 0 bridgehead atoms. The highest BCUT2D eigenvalue weighted by molar-refractivity contribution is 5.65. The highest BCUT2D eigenvalue weighted by Gasteiger charge is 2.05. The van der Waals surface area contributed by atoms with E-state index in [-0.39, 0.29) is 0 Å².